The number of nitrogens with one attached hydrogen (secondary N) is 1. The SMILES string of the molecule is O=C(CSc1nnnn1C1CC1)Nc1ccncc1. The second-order valence-corrected chi connectivity index (χ2v) is 5.15. The van der Waals surface area contributed by atoms with Gasteiger partial charge in [-0.25, -0.2) is 4.68 Å². The number of thioether (sulfide) groups is 1. The number of nitrogens with zero attached hydrogens (tertiary/aromatic N) is 5. The minimum Gasteiger partial charge on any atom is -0.325 e. The van der Waals surface area contributed by atoms with Crippen molar-refractivity contribution in [2.24, 2.45) is 0 Å². The summed E-state index contributed by atoms with van der Waals surface area (Å²) in [5.41, 5.74) is 0.738. The van der Waals surface area contributed by atoms with Gasteiger partial charge < -0.3 is 5.32 Å². The van der Waals surface area contributed by atoms with Crippen LogP contribution < -0.4 is 5.32 Å². The van der Waals surface area contributed by atoms with Crippen LogP contribution >= 0.6 is 11.8 Å². The van der Waals surface area contributed by atoms with E-state index in [1.165, 1.54) is 11.8 Å². The van der Waals surface area contributed by atoms with Gasteiger partial charge in [0, 0.05) is 18.1 Å². The molecular weight excluding hydrogens is 264 g/mol. The maximum Gasteiger partial charge on any atom is 0.234 e. The molecule has 1 aliphatic carbocycles. The summed E-state index contributed by atoms with van der Waals surface area (Å²) in [6.45, 7) is 0. The average molecular weight is 276 g/mol. The van der Waals surface area contributed by atoms with E-state index < -0.39 is 0 Å². The first-order valence-electron chi connectivity index (χ1n) is 5.93. The van der Waals surface area contributed by atoms with Crippen molar-refractivity contribution in [1.29, 1.82) is 0 Å². The number of carbonyl (C=O) groups excluding carboxylic acids is 1. The Balaban J connectivity index is 1.54. The van der Waals surface area contributed by atoms with Crippen molar-refractivity contribution in [3.63, 3.8) is 0 Å². The first kappa shape index (κ1) is 12.1. The summed E-state index contributed by atoms with van der Waals surface area (Å²) >= 11 is 1.35. The van der Waals surface area contributed by atoms with Crippen molar-refractivity contribution in [3.8, 4) is 0 Å². The molecule has 1 aliphatic rings. The second kappa shape index (κ2) is 5.35. The molecule has 1 N–H and O–H groups in total. The number of hydrogen-bond donors (Lipinski definition) is 1. The third-order valence-corrected chi connectivity index (χ3v) is 3.59. The molecule has 0 atom stereocenters. The van der Waals surface area contributed by atoms with Crippen molar-refractivity contribution in [1.82, 2.24) is 25.2 Å². The first-order valence-corrected chi connectivity index (χ1v) is 6.92. The van der Waals surface area contributed by atoms with Crippen molar-refractivity contribution in [2.45, 2.75) is 24.0 Å². The maximum atomic E-state index is 11.8. The summed E-state index contributed by atoms with van der Waals surface area (Å²) in [6.07, 6.45) is 5.50. The molecular formula is C11H12N6OS. The number of rotatable bonds is 5. The molecule has 98 valence electrons. The lowest BCUT2D eigenvalue weighted by molar-refractivity contribution is -0.113. The molecule has 1 amide bonds. The topological polar surface area (TPSA) is 85.6 Å². The van der Waals surface area contributed by atoms with E-state index >= 15 is 0 Å². The number of hydrogen-bond acceptors (Lipinski definition) is 6. The van der Waals surface area contributed by atoms with Crippen LogP contribution in [0.1, 0.15) is 18.9 Å². The highest BCUT2D eigenvalue weighted by Gasteiger charge is 2.28. The first-order chi connectivity index (χ1) is 9.33. The summed E-state index contributed by atoms with van der Waals surface area (Å²) in [7, 11) is 0. The number of anilines is 1. The zero-order chi connectivity index (χ0) is 13.1. The van der Waals surface area contributed by atoms with E-state index in [-0.39, 0.29) is 11.7 Å². The smallest absolute Gasteiger partial charge is 0.234 e. The fourth-order valence-corrected chi connectivity index (χ4v) is 2.34. The molecule has 1 fully saturated rings. The molecule has 0 saturated heterocycles. The van der Waals surface area contributed by atoms with Gasteiger partial charge in [0.05, 0.1) is 11.8 Å². The van der Waals surface area contributed by atoms with Crippen LogP contribution in [0.25, 0.3) is 0 Å². The van der Waals surface area contributed by atoms with Gasteiger partial charge >= 0.3 is 0 Å². The lowest BCUT2D eigenvalue weighted by Gasteiger charge is -2.04. The molecule has 19 heavy (non-hydrogen) atoms. The van der Waals surface area contributed by atoms with Crippen molar-refractivity contribution in [2.75, 3.05) is 11.1 Å². The molecule has 0 bridgehead atoms. The third-order valence-electron chi connectivity index (χ3n) is 2.65. The van der Waals surface area contributed by atoms with E-state index in [0.29, 0.717) is 11.2 Å². The van der Waals surface area contributed by atoms with E-state index in [9.17, 15) is 4.79 Å². The van der Waals surface area contributed by atoms with Gasteiger partial charge in [0.25, 0.3) is 0 Å². The largest absolute Gasteiger partial charge is 0.325 e. The van der Waals surface area contributed by atoms with Gasteiger partial charge in [-0.15, -0.1) is 5.10 Å². The Morgan fingerprint density at radius 1 is 1.42 bits per heavy atom. The Bertz CT molecular complexity index is 568. The van der Waals surface area contributed by atoms with E-state index in [0.717, 1.165) is 18.5 Å². The fourth-order valence-electron chi connectivity index (χ4n) is 1.59. The molecule has 2 aromatic heterocycles. The van der Waals surface area contributed by atoms with Crippen LogP contribution in [0.4, 0.5) is 5.69 Å². The van der Waals surface area contributed by atoms with Crippen molar-refractivity contribution >= 4 is 23.4 Å². The van der Waals surface area contributed by atoms with E-state index in [2.05, 4.69) is 25.8 Å². The summed E-state index contributed by atoms with van der Waals surface area (Å²) in [6, 6.07) is 3.91. The van der Waals surface area contributed by atoms with Crippen molar-refractivity contribution in [3.05, 3.63) is 24.5 Å². The predicted molar refractivity (Wildman–Crippen MR) is 69.7 cm³/mol. The Kier molecular flexibility index (Phi) is 3.41. The summed E-state index contributed by atoms with van der Waals surface area (Å²) in [4.78, 5) is 15.7. The van der Waals surface area contributed by atoms with Crippen LogP contribution in [0.5, 0.6) is 0 Å². The molecule has 1 saturated carbocycles. The van der Waals surface area contributed by atoms with Crippen LogP contribution in [0, 0.1) is 0 Å². The third kappa shape index (κ3) is 3.08. The molecule has 0 aliphatic heterocycles. The van der Waals surface area contributed by atoms with E-state index in [1.54, 1.807) is 29.2 Å². The minimum absolute atomic E-state index is 0.0819. The quantitative estimate of drug-likeness (QED) is 0.824. The zero-order valence-corrected chi connectivity index (χ0v) is 10.9. The van der Waals surface area contributed by atoms with E-state index in [4.69, 9.17) is 0 Å². The molecule has 2 heterocycles. The van der Waals surface area contributed by atoms with Gasteiger partial charge in [0.15, 0.2) is 0 Å². The van der Waals surface area contributed by atoms with Crippen LogP contribution in [0.15, 0.2) is 29.7 Å². The Labute approximate surface area is 113 Å². The van der Waals surface area contributed by atoms with Crippen LogP contribution in [0.2, 0.25) is 0 Å². The lowest BCUT2D eigenvalue weighted by Crippen LogP contribution is -2.14. The minimum atomic E-state index is -0.0819. The van der Waals surface area contributed by atoms with E-state index in [1.807, 2.05) is 0 Å². The number of tetrazole rings is 1. The van der Waals surface area contributed by atoms with Gasteiger partial charge in [-0.05, 0) is 35.4 Å². The monoisotopic (exact) mass is 276 g/mol. The van der Waals surface area contributed by atoms with Crippen LogP contribution in [-0.2, 0) is 4.79 Å². The highest BCUT2D eigenvalue weighted by molar-refractivity contribution is 7.99. The number of amides is 1. The Morgan fingerprint density at radius 2 is 2.21 bits per heavy atom. The predicted octanol–water partition coefficient (Wildman–Crippen LogP) is 1.13. The van der Waals surface area contributed by atoms with Gasteiger partial charge in [0.1, 0.15) is 0 Å². The molecule has 8 heteroatoms. The molecule has 2 aromatic rings. The molecule has 0 spiro atoms. The average Bonchev–Trinajstić information content (AvgIpc) is 3.16. The molecule has 0 radical (unpaired) electrons. The van der Waals surface area contributed by atoms with Crippen LogP contribution in [0.3, 0.4) is 0 Å². The lowest BCUT2D eigenvalue weighted by atomic mass is 10.4. The number of pyridine rings is 1. The molecule has 3 rings (SSSR count). The second-order valence-electron chi connectivity index (χ2n) is 4.21. The van der Waals surface area contributed by atoms with Crippen LogP contribution in [-0.4, -0.2) is 36.9 Å². The van der Waals surface area contributed by atoms with Gasteiger partial charge in [-0.3, -0.25) is 9.78 Å². The Hall–Kier alpha value is -1.96. The summed E-state index contributed by atoms with van der Waals surface area (Å²) in [5, 5.41) is 15.0. The Morgan fingerprint density at radius 3 is 2.95 bits per heavy atom. The normalized spacial score (nSPS) is 14.3. The van der Waals surface area contributed by atoms with Gasteiger partial charge in [0.2, 0.25) is 11.1 Å². The maximum absolute atomic E-state index is 11.8. The standard InChI is InChI=1S/C11H12N6OS/c18-10(13-8-3-5-12-6-4-8)7-19-11-14-15-16-17(11)9-1-2-9/h3-6,9H,1-2,7H2,(H,12,13,18). The highest BCUT2D eigenvalue weighted by Crippen LogP contribution is 2.36. The summed E-state index contributed by atoms with van der Waals surface area (Å²) in [5.74, 6) is 0.205. The zero-order valence-electron chi connectivity index (χ0n) is 10.1. The highest BCUT2D eigenvalue weighted by atomic mass is 32.2. The molecule has 0 unspecified atom stereocenters. The van der Waals surface area contributed by atoms with Crippen molar-refractivity contribution < 1.29 is 4.79 Å². The summed E-state index contributed by atoms with van der Waals surface area (Å²) < 4.78 is 1.80. The molecule has 7 nitrogen and oxygen atoms in total. The van der Waals surface area contributed by atoms with Gasteiger partial charge in [-0.2, -0.15) is 0 Å². The van der Waals surface area contributed by atoms with Gasteiger partial charge in [-0.1, -0.05) is 11.8 Å². The number of carbonyl (C=O) groups is 1. The number of aromatic nitrogens is 5. The molecule has 0 aromatic carbocycles. The fraction of sp³-hybridized carbons (Fsp3) is 0.364.